The third kappa shape index (κ3) is 2.93. The first-order valence-corrected chi connectivity index (χ1v) is 7.69. The summed E-state index contributed by atoms with van der Waals surface area (Å²) in [6.45, 7) is 1.69. The molecule has 0 bridgehead atoms. The summed E-state index contributed by atoms with van der Waals surface area (Å²) in [5.74, 6) is 0. The van der Waals surface area contributed by atoms with Crippen molar-refractivity contribution in [1.29, 1.82) is 0 Å². The van der Waals surface area contributed by atoms with E-state index in [0.29, 0.717) is 12.2 Å². The summed E-state index contributed by atoms with van der Waals surface area (Å²) in [7, 11) is 0. The van der Waals surface area contributed by atoms with Crippen molar-refractivity contribution >= 4 is 11.4 Å². The summed E-state index contributed by atoms with van der Waals surface area (Å²) in [5, 5.41) is 0. The zero-order chi connectivity index (χ0) is 15.1. The predicted molar refractivity (Wildman–Crippen MR) is 87.6 cm³/mol. The van der Waals surface area contributed by atoms with Crippen molar-refractivity contribution < 1.29 is 9.47 Å². The van der Waals surface area contributed by atoms with Gasteiger partial charge in [-0.15, -0.1) is 0 Å². The van der Waals surface area contributed by atoms with Crippen LogP contribution in [-0.4, -0.2) is 25.4 Å². The van der Waals surface area contributed by atoms with Crippen LogP contribution in [0.4, 0.5) is 11.4 Å². The maximum atomic E-state index is 5.97. The summed E-state index contributed by atoms with van der Waals surface area (Å²) in [5.41, 5.74) is 18.5. The Labute approximate surface area is 130 Å². The van der Waals surface area contributed by atoms with Crippen LogP contribution in [-0.2, 0) is 22.3 Å². The molecule has 114 valence electrons. The SMILES string of the molecule is Nc1ccc(-c2ccc(N)cc2CC2CO2)c(CC2CO2)c1. The molecule has 0 saturated carbocycles. The van der Waals surface area contributed by atoms with Crippen LogP contribution in [0.15, 0.2) is 36.4 Å². The molecule has 2 aliphatic heterocycles. The van der Waals surface area contributed by atoms with Crippen molar-refractivity contribution in [2.45, 2.75) is 25.0 Å². The molecule has 2 aliphatic rings. The van der Waals surface area contributed by atoms with Crippen LogP contribution in [0.1, 0.15) is 11.1 Å². The van der Waals surface area contributed by atoms with Gasteiger partial charge in [0.05, 0.1) is 25.4 Å². The monoisotopic (exact) mass is 296 g/mol. The molecule has 2 saturated heterocycles. The fourth-order valence-electron chi connectivity index (χ4n) is 2.95. The lowest BCUT2D eigenvalue weighted by atomic mass is 9.91. The number of nitrogen functional groups attached to an aromatic ring is 2. The van der Waals surface area contributed by atoms with Crippen molar-refractivity contribution in [2.24, 2.45) is 0 Å². The Balaban J connectivity index is 1.76. The van der Waals surface area contributed by atoms with Crippen LogP contribution in [0, 0.1) is 0 Å². The molecule has 2 atom stereocenters. The molecule has 4 rings (SSSR count). The molecule has 2 fully saturated rings. The van der Waals surface area contributed by atoms with Crippen LogP contribution in [0.5, 0.6) is 0 Å². The number of hydrogen-bond donors (Lipinski definition) is 2. The van der Waals surface area contributed by atoms with Gasteiger partial charge in [-0.05, 0) is 46.5 Å². The first-order valence-electron chi connectivity index (χ1n) is 7.69. The second kappa shape index (κ2) is 5.30. The van der Waals surface area contributed by atoms with Crippen LogP contribution >= 0.6 is 0 Å². The maximum absolute atomic E-state index is 5.97. The summed E-state index contributed by atoms with van der Waals surface area (Å²) in [4.78, 5) is 0. The standard InChI is InChI=1S/C18H20N2O2/c19-13-1-3-17(11(5-13)7-15-9-21-15)18-4-2-14(20)6-12(18)8-16-10-22-16/h1-6,15-16H,7-10,19-20H2. The molecule has 0 radical (unpaired) electrons. The molecular formula is C18H20N2O2. The molecule has 4 heteroatoms. The molecule has 0 amide bonds. The average Bonchev–Trinajstić information content (AvgIpc) is 3.36. The van der Waals surface area contributed by atoms with E-state index in [2.05, 4.69) is 24.3 Å². The third-order valence-corrected chi connectivity index (χ3v) is 4.25. The molecule has 2 heterocycles. The second-order valence-corrected chi connectivity index (χ2v) is 6.15. The minimum atomic E-state index is 0.338. The van der Waals surface area contributed by atoms with E-state index >= 15 is 0 Å². The topological polar surface area (TPSA) is 77.1 Å². The summed E-state index contributed by atoms with van der Waals surface area (Å²) >= 11 is 0. The van der Waals surface area contributed by atoms with E-state index in [9.17, 15) is 0 Å². The minimum Gasteiger partial charge on any atom is -0.399 e. The predicted octanol–water partition coefficient (Wildman–Crippen LogP) is 2.40. The van der Waals surface area contributed by atoms with Crippen molar-refractivity contribution in [3.8, 4) is 11.1 Å². The van der Waals surface area contributed by atoms with E-state index in [1.54, 1.807) is 0 Å². The average molecular weight is 296 g/mol. The molecule has 4 N–H and O–H groups in total. The second-order valence-electron chi connectivity index (χ2n) is 6.15. The Hall–Kier alpha value is -2.04. The van der Waals surface area contributed by atoms with Gasteiger partial charge in [0.25, 0.3) is 0 Å². The van der Waals surface area contributed by atoms with E-state index in [4.69, 9.17) is 20.9 Å². The van der Waals surface area contributed by atoms with E-state index in [1.165, 1.54) is 22.3 Å². The summed E-state index contributed by atoms with van der Waals surface area (Å²) < 4.78 is 10.8. The normalized spacial score (nSPS) is 22.5. The Bertz CT molecular complexity index is 645. The van der Waals surface area contributed by atoms with Crippen molar-refractivity contribution in [2.75, 3.05) is 24.7 Å². The number of rotatable bonds is 5. The third-order valence-electron chi connectivity index (χ3n) is 4.25. The van der Waals surface area contributed by atoms with Gasteiger partial charge >= 0.3 is 0 Å². The highest BCUT2D eigenvalue weighted by molar-refractivity contribution is 5.74. The van der Waals surface area contributed by atoms with Crippen LogP contribution in [0.3, 0.4) is 0 Å². The number of nitrogens with two attached hydrogens (primary N) is 2. The fourth-order valence-corrected chi connectivity index (χ4v) is 2.95. The zero-order valence-electron chi connectivity index (χ0n) is 12.4. The lowest BCUT2D eigenvalue weighted by Crippen LogP contribution is -2.02. The van der Waals surface area contributed by atoms with E-state index in [0.717, 1.165) is 37.4 Å². The summed E-state index contributed by atoms with van der Waals surface area (Å²) in [6, 6.07) is 12.3. The summed E-state index contributed by atoms with van der Waals surface area (Å²) in [6.07, 6.45) is 2.49. The van der Waals surface area contributed by atoms with Gasteiger partial charge in [0.2, 0.25) is 0 Å². The number of ether oxygens (including phenoxy) is 2. The Morgan fingerprint density at radius 2 is 1.18 bits per heavy atom. The van der Waals surface area contributed by atoms with Gasteiger partial charge in [0.1, 0.15) is 0 Å². The molecular weight excluding hydrogens is 276 g/mol. The Morgan fingerprint density at radius 3 is 1.55 bits per heavy atom. The zero-order valence-corrected chi connectivity index (χ0v) is 12.4. The first-order chi connectivity index (χ1) is 10.7. The first kappa shape index (κ1) is 13.6. The van der Waals surface area contributed by atoms with E-state index in [-0.39, 0.29) is 0 Å². The molecule has 0 aliphatic carbocycles. The quantitative estimate of drug-likeness (QED) is 0.656. The van der Waals surface area contributed by atoms with Crippen molar-refractivity contribution in [3.05, 3.63) is 47.5 Å². The Morgan fingerprint density at radius 1 is 0.773 bits per heavy atom. The molecule has 0 spiro atoms. The molecule has 4 nitrogen and oxygen atoms in total. The largest absolute Gasteiger partial charge is 0.399 e. The highest BCUT2D eigenvalue weighted by Crippen LogP contribution is 2.34. The van der Waals surface area contributed by atoms with Gasteiger partial charge in [-0.3, -0.25) is 0 Å². The molecule has 0 aromatic heterocycles. The minimum absolute atomic E-state index is 0.338. The van der Waals surface area contributed by atoms with E-state index in [1.807, 2.05) is 12.1 Å². The Kier molecular flexibility index (Phi) is 3.28. The van der Waals surface area contributed by atoms with Crippen LogP contribution in [0.2, 0.25) is 0 Å². The molecule has 2 aromatic carbocycles. The number of epoxide rings is 2. The van der Waals surface area contributed by atoms with Gasteiger partial charge in [-0.2, -0.15) is 0 Å². The molecule has 22 heavy (non-hydrogen) atoms. The maximum Gasteiger partial charge on any atom is 0.0850 e. The molecule has 2 unspecified atom stereocenters. The van der Waals surface area contributed by atoms with Crippen molar-refractivity contribution in [3.63, 3.8) is 0 Å². The van der Waals surface area contributed by atoms with Gasteiger partial charge < -0.3 is 20.9 Å². The highest BCUT2D eigenvalue weighted by Gasteiger charge is 2.26. The van der Waals surface area contributed by atoms with Gasteiger partial charge in [-0.25, -0.2) is 0 Å². The van der Waals surface area contributed by atoms with Gasteiger partial charge in [0, 0.05) is 24.2 Å². The van der Waals surface area contributed by atoms with E-state index < -0.39 is 0 Å². The smallest absolute Gasteiger partial charge is 0.0850 e. The number of anilines is 2. The van der Waals surface area contributed by atoms with Gasteiger partial charge in [-0.1, -0.05) is 12.1 Å². The van der Waals surface area contributed by atoms with Crippen LogP contribution in [0.25, 0.3) is 11.1 Å². The lowest BCUT2D eigenvalue weighted by Gasteiger charge is -2.15. The molecule has 2 aromatic rings. The fraction of sp³-hybridized carbons (Fsp3) is 0.333. The van der Waals surface area contributed by atoms with Crippen LogP contribution < -0.4 is 11.5 Å². The number of benzene rings is 2. The van der Waals surface area contributed by atoms with Crippen molar-refractivity contribution in [1.82, 2.24) is 0 Å². The van der Waals surface area contributed by atoms with Gasteiger partial charge in [0.15, 0.2) is 0 Å². The number of hydrogen-bond acceptors (Lipinski definition) is 4. The highest BCUT2D eigenvalue weighted by atomic mass is 16.6. The lowest BCUT2D eigenvalue weighted by molar-refractivity contribution is 0.407.